The second-order valence-electron chi connectivity index (χ2n) is 4.76. The summed E-state index contributed by atoms with van der Waals surface area (Å²) in [5.74, 6) is -2.81. The van der Waals surface area contributed by atoms with Crippen LogP contribution in [-0.4, -0.2) is 30.8 Å². The monoisotopic (exact) mass is 285 g/mol. The number of carbonyl (C=O) groups excluding carboxylic acids is 2. The van der Waals surface area contributed by atoms with Gasteiger partial charge in [-0.25, -0.2) is 0 Å². The molecule has 3 nitrogen and oxygen atoms in total. The molecule has 1 saturated heterocycles. The highest BCUT2D eigenvalue weighted by Gasteiger charge is 2.39. The molecule has 108 valence electrons. The van der Waals surface area contributed by atoms with Crippen molar-refractivity contribution in [3.05, 3.63) is 29.8 Å². The number of hydrogen-bond donors (Lipinski definition) is 0. The molecule has 0 aromatic heterocycles. The zero-order chi connectivity index (χ0) is 14.8. The lowest BCUT2D eigenvalue weighted by molar-refractivity contribution is -0.170. The van der Waals surface area contributed by atoms with Crippen LogP contribution in [0.3, 0.4) is 0 Å². The van der Waals surface area contributed by atoms with Crippen molar-refractivity contribution in [2.75, 3.05) is 18.0 Å². The first-order valence-electron chi connectivity index (χ1n) is 6.36. The molecule has 1 aliphatic rings. The first kappa shape index (κ1) is 14.6. The number of alkyl halides is 3. The van der Waals surface area contributed by atoms with E-state index in [-0.39, 0.29) is 5.56 Å². The number of halogens is 3. The molecular formula is C14H14F3NO2. The van der Waals surface area contributed by atoms with E-state index in [0.717, 1.165) is 31.6 Å². The molecule has 1 aromatic carbocycles. The van der Waals surface area contributed by atoms with Crippen molar-refractivity contribution in [2.45, 2.75) is 25.4 Å². The fourth-order valence-corrected chi connectivity index (χ4v) is 2.18. The van der Waals surface area contributed by atoms with Crippen molar-refractivity contribution >= 4 is 17.3 Å². The Morgan fingerprint density at radius 2 is 1.60 bits per heavy atom. The second kappa shape index (κ2) is 5.64. The van der Waals surface area contributed by atoms with E-state index < -0.39 is 24.2 Å². The standard InChI is InChI=1S/C14H14F3NO2/c15-14(16,17)13(20)9-12(19)10-3-5-11(6-4-10)18-7-1-2-8-18/h3-6H,1-2,7-9H2. The van der Waals surface area contributed by atoms with Gasteiger partial charge < -0.3 is 4.90 Å². The normalized spacial score (nSPS) is 15.4. The maximum Gasteiger partial charge on any atom is 0.450 e. The highest BCUT2D eigenvalue weighted by molar-refractivity contribution is 6.09. The van der Waals surface area contributed by atoms with Crippen LogP contribution >= 0.6 is 0 Å². The number of anilines is 1. The van der Waals surface area contributed by atoms with E-state index in [1.807, 2.05) is 0 Å². The summed E-state index contributed by atoms with van der Waals surface area (Å²) < 4.78 is 36.3. The second-order valence-corrected chi connectivity index (χ2v) is 4.76. The van der Waals surface area contributed by atoms with Crippen molar-refractivity contribution in [2.24, 2.45) is 0 Å². The molecule has 20 heavy (non-hydrogen) atoms. The van der Waals surface area contributed by atoms with Crippen molar-refractivity contribution < 1.29 is 22.8 Å². The van der Waals surface area contributed by atoms with Crippen LogP contribution in [0, 0.1) is 0 Å². The van der Waals surface area contributed by atoms with Crippen LogP contribution in [0.2, 0.25) is 0 Å². The van der Waals surface area contributed by atoms with Gasteiger partial charge in [0, 0.05) is 24.3 Å². The van der Waals surface area contributed by atoms with Gasteiger partial charge in [0.25, 0.3) is 0 Å². The Labute approximate surface area is 114 Å². The van der Waals surface area contributed by atoms with Crippen molar-refractivity contribution in [3.63, 3.8) is 0 Å². The van der Waals surface area contributed by atoms with E-state index in [2.05, 4.69) is 4.90 Å². The number of rotatable bonds is 4. The van der Waals surface area contributed by atoms with Gasteiger partial charge >= 0.3 is 6.18 Å². The number of hydrogen-bond acceptors (Lipinski definition) is 3. The molecular weight excluding hydrogens is 271 g/mol. The predicted octanol–water partition coefficient (Wildman–Crippen LogP) is 2.99. The number of benzene rings is 1. The molecule has 6 heteroatoms. The highest BCUT2D eigenvalue weighted by Crippen LogP contribution is 2.22. The van der Waals surface area contributed by atoms with Gasteiger partial charge in [-0.2, -0.15) is 13.2 Å². The lowest BCUT2D eigenvalue weighted by Crippen LogP contribution is -2.25. The minimum absolute atomic E-state index is 0.130. The Kier molecular flexibility index (Phi) is 4.11. The minimum atomic E-state index is -4.95. The van der Waals surface area contributed by atoms with Crippen LogP contribution < -0.4 is 4.90 Å². The van der Waals surface area contributed by atoms with Gasteiger partial charge in [0.15, 0.2) is 5.78 Å². The largest absolute Gasteiger partial charge is 0.450 e. The molecule has 0 atom stereocenters. The van der Waals surface area contributed by atoms with Gasteiger partial charge in [0.1, 0.15) is 0 Å². The average molecular weight is 285 g/mol. The fourth-order valence-electron chi connectivity index (χ4n) is 2.18. The minimum Gasteiger partial charge on any atom is -0.372 e. The van der Waals surface area contributed by atoms with Crippen LogP contribution in [0.15, 0.2) is 24.3 Å². The third-order valence-corrected chi connectivity index (χ3v) is 3.30. The van der Waals surface area contributed by atoms with Gasteiger partial charge in [-0.05, 0) is 37.1 Å². The predicted molar refractivity (Wildman–Crippen MR) is 67.9 cm³/mol. The van der Waals surface area contributed by atoms with Crippen molar-refractivity contribution in [1.82, 2.24) is 0 Å². The van der Waals surface area contributed by atoms with E-state index in [1.165, 1.54) is 12.1 Å². The maximum absolute atomic E-state index is 12.1. The molecule has 0 amide bonds. The molecule has 0 spiro atoms. The third kappa shape index (κ3) is 3.37. The van der Waals surface area contributed by atoms with Gasteiger partial charge in [-0.1, -0.05) is 0 Å². The molecule has 1 fully saturated rings. The van der Waals surface area contributed by atoms with E-state index in [4.69, 9.17) is 0 Å². The number of carbonyl (C=O) groups is 2. The van der Waals surface area contributed by atoms with Gasteiger partial charge in [0.05, 0.1) is 6.42 Å². The Morgan fingerprint density at radius 3 is 2.10 bits per heavy atom. The molecule has 0 bridgehead atoms. The lowest BCUT2D eigenvalue weighted by Gasteiger charge is -2.17. The van der Waals surface area contributed by atoms with Crippen LogP contribution in [0.4, 0.5) is 18.9 Å². The third-order valence-electron chi connectivity index (χ3n) is 3.30. The SMILES string of the molecule is O=C(CC(=O)C(F)(F)F)c1ccc(N2CCCC2)cc1. The summed E-state index contributed by atoms with van der Waals surface area (Å²) in [5.41, 5.74) is 1.08. The molecule has 0 radical (unpaired) electrons. The molecule has 0 N–H and O–H groups in total. The molecule has 1 aromatic rings. The summed E-state index contributed by atoms with van der Waals surface area (Å²) in [6.07, 6.45) is -3.86. The summed E-state index contributed by atoms with van der Waals surface area (Å²) >= 11 is 0. The lowest BCUT2D eigenvalue weighted by atomic mass is 10.1. The van der Waals surface area contributed by atoms with Gasteiger partial charge in [-0.3, -0.25) is 9.59 Å². The van der Waals surface area contributed by atoms with E-state index in [9.17, 15) is 22.8 Å². The fraction of sp³-hybridized carbons (Fsp3) is 0.429. The van der Waals surface area contributed by atoms with Crippen LogP contribution in [0.5, 0.6) is 0 Å². The number of Topliss-reactive ketones (excluding diaryl/α,β-unsaturated/α-hetero) is 2. The Bertz CT molecular complexity index is 502. The first-order valence-corrected chi connectivity index (χ1v) is 6.36. The van der Waals surface area contributed by atoms with E-state index in [0.29, 0.717) is 0 Å². The topological polar surface area (TPSA) is 37.4 Å². The molecule has 2 rings (SSSR count). The van der Waals surface area contributed by atoms with Crippen LogP contribution in [0.25, 0.3) is 0 Å². The van der Waals surface area contributed by atoms with Gasteiger partial charge in [0.2, 0.25) is 5.78 Å². The highest BCUT2D eigenvalue weighted by atomic mass is 19.4. The number of nitrogens with zero attached hydrogens (tertiary/aromatic N) is 1. The molecule has 1 aliphatic heterocycles. The Morgan fingerprint density at radius 1 is 1.05 bits per heavy atom. The summed E-state index contributed by atoms with van der Waals surface area (Å²) in [5, 5.41) is 0. The Balaban J connectivity index is 2.02. The Hall–Kier alpha value is -1.85. The number of ketones is 2. The average Bonchev–Trinajstić information content (AvgIpc) is 2.91. The van der Waals surface area contributed by atoms with Crippen molar-refractivity contribution in [3.8, 4) is 0 Å². The molecule has 1 heterocycles. The first-order chi connectivity index (χ1) is 9.38. The van der Waals surface area contributed by atoms with E-state index >= 15 is 0 Å². The summed E-state index contributed by atoms with van der Waals surface area (Å²) in [6, 6.07) is 6.35. The van der Waals surface area contributed by atoms with Gasteiger partial charge in [-0.15, -0.1) is 0 Å². The quantitative estimate of drug-likeness (QED) is 0.630. The van der Waals surface area contributed by atoms with Crippen molar-refractivity contribution in [1.29, 1.82) is 0 Å². The molecule has 0 aliphatic carbocycles. The molecule has 0 saturated carbocycles. The zero-order valence-corrected chi connectivity index (χ0v) is 10.7. The smallest absolute Gasteiger partial charge is 0.372 e. The summed E-state index contributed by atoms with van der Waals surface area (Å²) in [4.78, 5) is 24.5. The zero-order valence-electron chi connectivity index (χ0n) is 10.7. The summed E-state index contributed by atoms with van der Waals surface area (Å²) in [7, 11) is 0. The molecule has 0 unspecified atom stereocenters. The van der Waals surface area contributed by atoms with Crippen LogP contribution in [0.1, 0.15) is 29.6 Å². The maximum atomic E-state index is 12.1. The summed E-state index contributed by atoms with van der Waals surface area (Å²) in [6.45, 7) is 1.89. The van der Waals surface area contributed by atoms with Crippen LogP contribution in [-0.2, 0) is 4.79 Å². The van der Waals surface area contributed by atoms with E-state index in [1.54, 1.807) is 12.1 Å².